The Bertz CT molecular complexity index is 658. The van der Waals surface area contributed by atoms with Crippen LogP contribution in [0.5, 0.6) is 5.75 Å². The minimum absolute atomic E-state index is 0.0751. The molecule has 25 heavy (non-hydrogen) atoms. The molecular formula is C17H29N3O4S. The van der Waals surface area contributed by atoms with Crippen molar-refractivity contribution in [3.63, 3.8) is 0 Å². The van der Waals surface area contributed by atoms with E-state index in [1.807, 2.05) is 7.05 Å². The van der Waals surface area contributed by atoms with Crippen LogP contribution in [0.4, 0.5) is 5.69 Å². The van der Waals surface area contributed by atoms with Gasteiger partial charge in [0, 0.05) is 25.2 Å². The lowest BCUT2D eigenvalue weighted by molar-refractivity contribution is -0.116. The zero-order valence-electron chi connectivity index (χ0n) is 15.5. The molecule has 1 aromatic carbocycles. The highest BCUT2D eigenvalue weighted by molar-refractivity contribution is 7.89. The standard InChI is InChI=1S/C17H29N3O4S/c1-5-20(6-2)25(22,23)16-13-14(10-11-15(16)24-7-3)19-17(21)9-8-12-18-4/h10-11,13,18H,5-9,12H2,1-4H3,(H,19,21). The lowest BCUT2D eigenvalue weighted by Gasteiger charge is -2.21. The van der Waals surface area contributed by atoms with Gasteiger partial charge in [0.2, 0.25) is 15.9 Å². The molecule has 1 amide bonds. The molecule has 0 spiro atoms. The molecule has 142 valence electrons. The quantitative estimate of drug-likeness (QED) is 0.581. The molecule has 0 saturated carbocycles. The van der Waals surface area contributed by atoms with Gasteiger partial charge < -0.3 is 15.4 Å². The number of ether oxygens (including phenoxy) is 1. The number of carbonyl (C=O) groups excluding carboxylic acids is 1. The monoisotopic (exact) mass is 371 g/mol. The fraction of sp³-hybridized carbons (Fsp3) is 0.588. The number of benzene rings is 1. The van der Waals surface area contributed by atoms with E-state index in [9.17, 15) is 13.2 Å². The highest BCUT2D eigenvalue weighted by Crippen LogP contribution is 2.30. The van der Waals surface area contributed by atoms with Gasteiger partial charge in [0.15, 0.2) is 0 Å². The summed E-state index contributed by atoms with van der Waals surface area (Å²) in [5.41, 5.74) is 0.448. The Morgan fingerprint density at radius 2 is 1.88 bits per heavy atom. The summed E-state index contributed by atoms with van der Waals surface area (Å²) < 4.78 is 32.6. The van der Waals surface area contributed by atoms with E-state index < -0.39 is 10.0 Å². The van der Waals surface area contributed by atoms with Crippen LogP contribution in [0.1, 0.15) is 33.6 Å². The summed E-state index contributed by atoms with van der Waals surface area (Å²) in [6.45, 7) is 7.21. The summed E-state index contributed by atoms with van der Waals surface area (Å²) in [4.78, 5) is 12.1. The van der Waals surface area contributed by atoms with Crippen molar-refractivity contribution in [3.8, 4) is 5.75 Å². The maximum absolute atomic E-state index is 12.9. The normalized spacial score (nSPS) is 11.6. The Kier molecular flexibility index (Phi) is 8.88. The Morgan fingerprint density at radius 1 is 1.20 bits per heavy atom. The first kappa shape index (κ1) is 21.4. The molecular weight excluding hydrogens is 342 g/mol. The van der Waals surface area contributed by atoms with Crippen molar-refractivity contribution in [3.05, 3.63) is 18.2 Å². The third-order valence-corrected chi connectivity index (χ3v) is 5.75. The lowest BCUT2D eigenvalue weighted by Crippen LogP contribution is -2.31. The lowest BCUT2D eigenvalue weighted by atomic mass is 10.2. The molecule has 1 aromatic rings. The van der Waals surface area contributed by atoms with Crippen LogP contribution >= 0.6 is 0 Å². The number of amides is 1. The number of nitrogens with one attached hydrogen (secondary N) is 2. The van der Waals surface area contributed by atoms with Crippen LogP contribution in [0.15, 0.2) is 23.1 Å². The molecule has 0 saturated heterocycles. The minimum atomic E-state index is -3.69. The second-order valence-electron chi connectivity index (χ2n) is 5.44. The van der Waals surface area contributed by atoms with Gasteiger partial charge in [-0.3, -0.25) is 4.79 Å². The van der Waals surface area contributed by atoms with Crippen molar-refractivity contribution in [2.75, 3.05) is 38.6 Å². The number of hydrogen-bond donors (Lipinski definition) is 2. The summed E-state index contributed by atoms with van der Waals surface area (Å²) in [6.07, 6.45) is 1.08. The smallest absolute Gasteiger partial charge is 0.246 e. The van der Waals surface area contributed by atoms with Gasteiger partial charge in [-0.15, -0.1) is 0 Å². The molecule has 0 aliphatic heterocycles. The SMILES string of the molecule is CCOc1ccc(NC(=O)CCCNC)cc1S(=O)(=O)N(CC)CC. The fourth-order valence-electron chi connectivity index (χ4n) is 2.41. The molecule has 0 unspecified atom stereocenters. The van der Waals surface area contributed by atoms with Gasteiger partial charge in [0.05, 0.1) is 6.61 Å². The molecule has 0 atom stereocenters. The van der Waals surface area contributed by atoms with Gasteiger partial charge in [-0.2, -0.15) is 4.31 Å². The van der Waals surface area contributed by atoms with Crippen LogP contribution in [-0.4, -0.2) is 51.9 Å². The molecule has 0 heterocycles. The van der Waals surface area contributed by atoms with Crippen molar-refractivity contribution >= 4 is 21.6 Å². The van der Waals surface area contributed by atoms with E-state index in [2.05, 4.69) is 10.6 Å². The molecule has 7 nitrogen and oxygen atoms in total. The van der Waals surface area contributed by atoms with Crippen molar-refractivity contribution in [2.45, 2.75) is 38.5 Å². The summed E-state index contributed by atoms with van der Waals surface area (Å²) in [6, 6.07) is 4.71. The number of anilines is 1. The number of sulfonamides is 1. The Balaban J connectivity index is 3.11. The predicted octanol–water partition coefficient (Wildman–Crippen LogP) is 2.05. The molecule has 0 radical (unpaired) electrons. The molecule has 1 rings (SSSR count). The first-order chi connectivity index (χ1) is 11.9. The molecule has 0 aliphatic rings. The van der Waals surface area contributed by atoms with Crippen LogP contribution in [0, 0.1) is 0 Å². The maximum atomic E-state index is 12.9. The Hall–Kier alpha value is -1.64. The summed E-state index contributed by atoms with van der Waals surface area (Å²) >= 11 is 0. The Morgan fingerprint density at radius 3 is 2.44 bits per heavy atom. The third-order valence-electron chi connectivity index (χ3n) is 3.68. The average molecular weight is 372 g/mol. The zero-order chi connectivity index (χ0) is 18.9. The molecule has 0 aromatic heterocycles. The van der Waals surface area contributed by atoms with Gasteiger partial charge in [-0.05, 0) is 45.1 Å². The third kappa shape index (κ3) is 5.98. The summed E-state index contributed by atoms with van der Waals surface area (Å²) in [7, 11) is -1.86. The van der Waals surface area contributed by atoms with Gasteiger partial charge in [0.25, 0.3) is 0 Å². The van der Waals surface area contributed by atoms with E-state index in [1.165, 1.54) is 10.4 Å². The van der Waals surface area contributed by atoms with Crippen LogP contribution in [0.25, 0.3) is 0 Å². The number of hydrogen-bond acceptors (Lipinski definition) is 5. The van der Waals surface area contributed by atoms with Gasteiger partial charge in [-0.1, -0.05) is 13.8 Å². The van der Waals surface area contributed by atoms with Crippen molar-refractivity contribution in [1.29, 1.82) is 0 Å². The van der Waals surface area contributed by atoms with E-state index in [-0.39, 0.29) is 10.8 Å². The molecule has 8 heteroatoms. The second kappa shape index (κ2) is 10.4. The number of carbonyl (C=O) groups is 1. The van der Waals surface area contributed by atoms with E-state index in [4.69, 9.17) is 4.74 Å². The highest BCUT2D eigenvalue weighted by Gasteiger charge is 2.26. The van der Waals surface area contributed by atoms with Gasteiger partial charge in [-0.25, -0.2) is 8.42 Å². The largest absolute Gasteiger partial charge is 0.492 e. The van der Waals surface area contributed by atoms with Gasteiger partial charge in [0.1, 0.15) is 10.6 Å². The first-order valence-electron chi connectivity index (χ1n) is 8.62. The number of rotatable bonds is 11. The second-order valence-corrected chi connectivity index (χ2v) is 7.35. The van der Waals surface area contributed by atoms with E-state index >= 15 is 0 Å². The summed E-state index contributed by atoms with van der Waals surface area (Å²) in [5, 5.41) is 5.73. The fourth-order valence-corrected chi connectivity index (χ4v) is 4.03. The van der Waals surface area contributed by atoms with E-state index in [0.29, 0.717) is 44.0 Å². The molecule has 0 fully saturated rings. The first-order valence-corrected chi connectivity index (χ1v) is 10.1. The van der Waals surface area contributed by atoms with Crippen molar-refractivity contribution < 1.29 is 17.9 Å². The van der Waals surface area contributed by atoms with Crippen molar-refractivity contribution in [1.82, 2.24) is 9.62 Å². The maximum Gasteiger partial charge on any atom is 0.246 e. The summed E-state index contributed by atoms with van der Waals surface area (Å²) in [5.74, 6) is 0.146. The number of nitrogens with zero attached hydrogens (tertiary/aromatic N) is 1. The zero-order valence-corrected chi connectivity index (χ0v) is 16.3. The van der Waals surface area contributed by atoms with E-state index in [0.717, 1.165) is 6.54 Å². The van der Waals surface area contributed by atoms with Crippen molar-refractivity contribution in [2.24, 2.45) is 0 Å². The van der Waals surface area contributed by atoms with Crippen LogP contribution < -0.4 is 15.4 Å². The van der Waals surface area contributed by atoms with Crippen LogP contribution in [0.3, 0.4) is 0 Å². The minimum Gasteiger partial charge on any atom is -0.492 e. The highest BCUT2D eigenvalue weighted by atomic mass is 32.2. The predicted molar refractivity (Wildman–Crippen MR) is 99.5 cm³/mol. The van der Waals surface area contributed by atoms with Crippen LogP contribution in [0.2, 0.25) is 0 Å². The average Bonchev–Trinajstić information content (AvgIpc) is 2.57. The molecule has 0 aliphatic carbocycles. The molecule has 0 bridgehead atoms. The topological polar surface area (TPSA) is 87.7 Å². The van der Waals surface area contributed by atoms with Crippen LogP contribution in [-0.2, 0) is 14.8 Å². The van der Waals surface area contributed by atoms with E-state index in [1.54, 1.807) is 32.9 Å². The molecule has 2 N–H and O–H groups in total. The van der Waals surface area contributed by atoms with Gasteiger partial charge >= 0.3 is 0 Å². The Labute approximate surface area is 150 Å².